The van der Waals surface area contributed by atoms with Gasteiger partial charge in [-0.05, 0) is 36.4 Å². The summed E-state index contributed by atoms with van der Waals surface area (Å²) < 4.78 is 14.6. The molecular weight excluding hydrogens is 405 g/mol. The van der Waals surface area contributed by atoms with Crippen LogP contribution in [0, 0.1) is 5.82 Å². The monoisotopic (exact) mass is 419 g/mol. The summed E-state index contributed by atoms with van der Waals surface area (Å²) in [5.74, 6) is -0.825. The molecule has 0 radical (unpaired) electrons. The van der Waals surface area contributed by atoms with Crippen molar-refractivity contribution < 1.29 is 14.0 Å². The van der Waals surface area contributed by atoms with E-state index < -0.39 is 17.6 Å². The van der Waals surface area contributed by atoms with Crippen molar-refractivity contribution >= 4 is 35.2 Å². The summed E-state index contributed by atoms with van der Waals surface area (Å²) in [6.45, 7) is 0. The summed E-state index contributed by atoms with van der Waals surface area (Å²) in [5, 5.41) is 9.27. The van der Waals surface area contributed by atoms with E-state index in [9.17, 15) is 14.0 Å². The van der Waals surface area contributed by atoms with Crippen molar-refractivity contribution in [2.24, 2.45) is 7.05 Å². The molecule has 0 aliphatic carbocycles. The Morgan fingerprint density at radius 2 is 1.82 bits per heavy atom. The first-order valence-electron chi connectivity index (χ1n) is 8.07. The van der Waals surface area contributed by atoms with Gasteiger partial charge >= 0.3 is 0 Å². The van der Waals surface area contributed by atoms with E-state index in [1.165, 1.54) is 12.1 Å². The lowest BCUT2D eigenvalue weighted by Crippen LogP contribution is -2.42. The van der Waals surface area contributed by atoms with E-state index in [4.69, 9.17) is 11.6 Å². The highest BCUT2D eigenvalue weighted by molar-refractivity contribution is 7.99. The molecule has 10 heteroatoms. The average molecular weight is 420 g/mol. The number of amides is 2. The van der Waals surface area contributed by atoms with E-state index in [1.54, 1.807) is 17.7 Å². The van der Waals surface area contributed by atoms with Crippen LogP contribution in [0.2, 0.25) is 5.02 Å². The first kappa shape index (κ1) is 19.8. The quantitative estimate of drug-likeness (QED) is 0.490. The fourth-order valence-corrected chi connectivity index (χ4v) is 3.22. The minimum absolute atomic E-state index is 0.0121. The molecule has 0 bridgehead atoms. The van der Waals surface area contributed by atoms with Crippen molar-refractivity contribution in [2.45, 2.75) is 5.16 Å². The molecule has 0 saturated heterocycles. The van der Waals surface area contributed by atoms with Gasteiger partial charge in [-0.25, -0.2) is 4.39 Å². The molecule has 0 aliphatic heterocycles. The number of benzene rings is 2. The molecule has 3 aromatic rings. The van der Waals surface area contributed by atoms with Crippen molar-refractivity contribution in [1.29, 1.82) is 0 Å². The normalized spacial score (nSPS) is 10.5. The van der Waals surface area contributed by atoms with Gasteiger partial charge in [0.2, 0.25) is 5.91 Å². The van der Waals surface area contributed by atoms with Crippen LogP contribution in [0.25, 0.3) is 11.4 Å². The van der Waals surface area contributed by atoms with Crippen molar-refractivity contribution in [1.82, 2.24) is 25.6 Å². The van der Waals surface area contributed by atoms with Crippen LogP contribution in [0.5, 0.6) is 0 Å². The smallest absolute Gasteiger partial charge is 0.269 e. The Labute approximate surface area is 169 Å². The lowest BCUT2D eigenvalue weighted by atomic mass is 10.2. The molecular formula is C18H15ClFN5O2S. The van der Waals surface area contributed by atoms with E-state index in [2.05, 4.69) is 21.0 Å². The molecule has 2 aromatic carbocycles. The number of thioether (sulfide) groups is 1. The maximum Gasteiger partial charge on any atom is 0.269 e. The van der Waals surface area contributed by atoms with Gasteiger partial charge in [0.1, 0.15) is 5.82 Å². The number of hydrogen-bond donors (Lipinski definition) is 2. The molecule has 0 atom stereocenters. The van der Waals surface area contributed by atoms with Crippen LogP contribution in [-0.2, 0) is 11.8 Å². The highest BCUT2D eigenvalue weighted by Crippen LogP contribution is 2.28. The van der Waals surface area contributed by atoms with Gasteiger partial charge < -0.3 is 4.57 Å². The zero-order chi connectivity index (χ0) is 20.1. The summed E-state index contributed by atoms with van der Waals surface area (Å²) >= 11 is 7.34. The summed E-state index contributed by atoms with van der Waals surface area (Å²) in [5.41, 5.74) is 5.54. The molecule has 0 fully saturated rings. The van der Waals surface area contributed by atoms with Crippen molar-refractivity contribution in [3.8, 4) is 11.4 Å². The van der Waals surface area contributed by atoms with Gasteiger partial charge in [0.25, 0.3) is 5.91 Å². The van der Waals surface area contributed by atoms with Crippen LogP contribution in [0.15, 0.2) is 53.7 Å². The molecule has 1 aromatic heterocycles. The number of rotatable bonds is 5. The fraction of sp³-hybridized carbons (Fsp3) is 0.111. The van der Waals surface area contributed by atoms with Crippen LogP contribution in [0.4, 0.5) is 4.39 Å². The third-order valence-corrected chi connectivity index (χ3v) is 5.05. The molecule has 0 unspecified atom stereocenters. The number of nitrogens with one attached hydrogen (secondary N) is 2. The number of aromatic nitrogens is 3. The van der Waals surface area contributed by atoms with Gasteiger partial charge in [0.05, 0.1) is 10.8 Å². The Balaban J connectivity index is 1.54. The van der Waals surface area contributed by atoms with E-state index in [-0.39, 0.29) is 11.3 Å². The number of halogens is 2. The van der Waals surface area contributed by atoms with E-state index in [1.807, 2.05) is 18.2 Å². The summed E-state index contributed by atoms with van der Waals surface area (Å²) in [7, 11) is 1.77. The van der Waals surface area contributed by atoms with Gasteiger partial charge in [-0.3, -0.25) is 20.4 Å². The Kier molecular flexibility index (Phi) is 6.27. The topological polar surface area (TPSA) is 88.9 Å². The van der Waals surface area contributed by atoms with Crippen LogP contribution < -0.4 is 10.9 Å². The number of carbonyl (C=O) groups is 2. The van der Waals surface area contributed by atoms with Crippen LogP contribution in [-0.4, -0.2) is 32.3 Å². The molecule has 0 aliphatic rings. The first-order valence-corrected chi connectivity index (χ1v) is 9.44. The van der Waals surface area contributed by atoms with Crippen LogP contribution in [0.1, 0.15) is 10.4 Å². The molecule has 0 spiro atoms. The zero-order valence-corrected chi connectivity index (χ0v) is 16.2. The second-order valence-corrected chi connectivity index (χ2v) is 6.99. The lowest BCUT2D eigenvalue weighted by molar-refractivity contribution is -0.119. The Morgan fingerprint density at radius 1 is 1.11 bits per heavy atom. The van der Waals surface area contributed by atoms with E-state index in [0.717, 1.165) is 29.5 Å². The Hall–Kier alpha value is -2.91. The lowest BCUT2D eigenvalue weighted by Gasteiger charge is -2.07. The summed E-state index contributed by atoms with van der Waals surface area (Å²) in [6.07, 6.45) is 0. The third kappa shape index (κ3) is 4.68. The molecule has 28 heavy (non-hydrogen) atoms. The minimum atomic E-state index is -0.544. The largest absolute Gasteiger partial charge is 0.305 e. The van der Waals surface area contributed by atoms with E-state index in [0.29, 0.717) is 16.0 Å². The molecule has 3 rings (SSSR count). The van der Waals surface area contributed by atoms with Crippen LogP contribution >= 0.6 is 23.4 Å². The van der Waals surface area contributed by atoms with Gasteiger partial charge in [-0.15, -0.1) is 10.2 Å². The molecule has 2 amide bonds. The second-order valence-electron chi connectivity index (χ2n) is 5.64. The second kappa shape index (κ2) is 8.85. The van der Waals surface area contributed by atoms with Crippen molar-refractivity contribution in [3.05, 3.63) is 64.9 Å². The average Bonchev–Trinajstić information content (AvgIpc) is 3.05. The highest BCUT2D eigenvalue weighted by atomic mass is 35.5. The maximum atomic E-state index is 12.9. The third-order valence-electron chi connectivity index (χ3n) is 3.70. The summed E-state index contributed by atoms with van der Waals surface area (Å²) in [4.78, 5) is 23.9. The predicted molar refractivity (Wildman–Crippen MR) is 104 cm³/mol. The van der Waals surface area contributed by atoms with Gasteiger partial charge in [-0.2, -0.15) is 0 Å². The number of hydrazine groups is 1. The first-order chi connectivity index (χ1) is 13.5. The summed E-state index contributed by atoms with van der Waals surface area (Å²) in [6, 6.07) is 12.2. The standard InChI is InChI=1S/C18H15ClFN5O2S/c1-25-16(13-4-2-3-5-14(13)19)22-24-18(25)28-10-15(26)21-23-17(27)11-6-8-12(20)9-7-11/h2-9H,10H2,1H3,(H,21,26)(H,23,27). The zero-order valence-electron chi connectivity index (χ0n) is 14.6. The number of nitrogens with zero attached hydrogens (tertiary/aromatic N) is 3. The highest BCUT2D eigenvalue weighted by Gasteiger charge is 2.15. The number of hydrogen-bond acceptors (Lipinski definition) is 5. The van der Waals surface area contributed by atoms with Crippen LogP contribution in [0.3, 0.4) is 0 Å². The SMILES string of the molecule is Cn1c(SCC(=O)NNC(=O)c2ccc(F)cc2)nnc1-c1ccccc1Cl. The Bertz CT molecular complexity index is 1010. The molecule has 7 nitrogen and oxygen atoms in total. The fourth-order valence-electron chi connectivity index (χ4n) is 2.28. The van der Waals surface area contributed by atoms with Crippen molar-refractivity contribution in [3.63, 3.8) is 0 Å². The molecule has 144 valence electrons. The van der Waals surface area contributed by atoms with E-state index >= 15 is 0 Å². The number of carbonyl (C=O) groups excluding carboxylic acids is 2. The Morgan fingerprint density at radius 3 is 2.54 bits per heavy atom. The molecule has 2 N–H and O–H groups in total. The van der Waals surface area contributed by atoms with Gasteiger partial charge in [0, 0.05) is 18.2 Å². The molecule has 0 saturated carbocycles. The van der Waals surface area contributed by atoms with Gasteiger partial charge in [0.15, 0.2) is 11.0 Å². The van der Waals surface area contributed by atoms with Crippen molar-refractivity contribution in [2.75, 3.05) is 5.75 Å². The maximum absolute atomic E-state index is 12.9. The predicted octanol–water partition coefficient (Wildman–Crippen LogP) is 2.83. The van der Waals surface area contributed by atoms with Gasteiger partial charge in [-0.1, -0.05) is 35.5 Å². The molecule has 1 heterocycles. The minimum Gasteiger partial charge on any atom is -0.305 e.